The van der Waals surface area contributed by atoms with Crippen molar-refractivity contribution in [1.82, 2.24) is 14.8 Å². The Bertz CT molecular complexity index is 958. The van der Waals surface area contributed by atoms with Crippen LogP contribution in [0.25, 0.3) is 5.69 Å². The summed E-state index contributed by atoms with van der Waals surface area (Å²) < 4.78 is 1.84. The number of halogens is 1. The Balaban J connectivity index is 1.51. The molecule has 1 aliphatic rings. The Morgan fingerprint density at radius 2 is 2.12 bits per heavy atom. The van der Waals surface area contributed by atoms with Crippen LogP contribution in [0, 0.1) is 0 Å². The predicted molar refractivity (Wildman–Crippen MR) is 104 cm³/mol. The second kappa shape index (κ2) is 7.13. The lowest BCUT2D eigenvalue weighted by Crippen LogP contribution is -2.37. The van der Waals surface area contributed by atoms with E-state index in [0.717, 1.165) is 17.8 Å². The van der Waals surface area contributed by atoms with E-state index in [1.165, 1.54) is 17.3 Å². The summed E-state index contributed by atoms with van der Waals surface area (Å²) in [6, 6.07) is 15.7. The number of carbonyl (C=O) groups excluding carboxylic acids is 1. The number of aromatic nitrogens is 3. The molecule has 3 aromatic rings. The van der Waals surface area contributed by atoms with E-state index in [1.54, 1.807) is 6.33 Å². The molecule has 2 aromatic carbocycles. The maximum absolute atomic E-state index is 12.8. The number of anilines is 1. The van der Waals surface area contributed by atoms with Gasteiger partial charge in [-0.3, -0.25) is 9.36 Å². The van der Waals surface area contributed by atoms with Crippen molar-refractivity contribution in [3.8, 4) is 5.69 Å². The minimum atomic E-state index is 0.0769. The number of benzene rings is 2. The van der Waals surface area contributed by atoms with Gasteiger partial charge < -0.3 is 4.90 Å². The van der Waals surface area contributed by atoms with Gasteiger partial charge in [0.05, 0.1) is 11.4 Å². The van der Waals surface area contributed by atoms with E-state index < -0.39 is 0 Å². The van der Waals surface area contributed by atoms with E-state index in [4.69, 9.17) is 11.6 Å². The fourth-order valence-electron chi connectivity index (χ4n) is 3.27. The lowest BCUT2D eigenvalue weighted by Gasteiger charge is -2.22. The second-order valence-corrected chi connectivity index (χ2v) is 7.58. The summed E-state index contributed by atoms with van der Waals surface area (Å²) in [5, 5.41) is 9.44. The number of hydrogen-bond acceptors (Lipinski definition) is 4. The first kappa shape index (κ1) is 17.1. The van der Waals surface area contributed by atoms with Gasteiger partial charge in [-0.25, -0.2) is 0 Å². The van der Waals surface area contributed by atoms with Gasteiger partial charge in [0.1, 0.15) is 6.33 Å². The Morgan fingerprint density at radius 1 is 1.27 bits per heavy atom. The zero-order valence-corrected chi connectivity index (χ0v) is 15.7. The molecule has 0 fully saturated rings. The summed E-state index contributed by atoms with van der Waals surface area (Å²) in [5.74, 6) is 0.380. The smallest absolute Gasteiger partial charge is 0.237 e. The summed E-state index contributed by atoms with van der Waals surface area (Å²) in [7, 11) is 0. The molecule has 0 spiro atoms. The molecule has 0 radical (unpaired) electrons. The second-order valence-electron chi connectivity index (χ2n) is 6.20. The third-order valence-electron chi connectivity index (χ3n) is 4.40. The first-order chi connectivity index (χ1) is 12.6. The van der Waals surface area contributed by atoms with Crippen LogP contribution in [0.3, 0.4) is 0 Å². The Morgan fingerprint density at radius 3 is 2.96 bits per heavy atom. The highest BCUT2D eigenvalue weighted by atomic mass is 35.5. The number of hydrogen-bond donors (Lipinski definition) is 0. The van der Waals surface area contributed by atoms with E-state index >= 15 is 0 Å². The van der Waals surface area contributed by atoms with Crippen molar-refractivity contribution in [3.63, 3.8) is 0 Å². The van der Waals surface area contributed by atoms with Crippen molar-refractivity contribution in [2.45, 2.75) is 24.5 Å². The molecule has 4 rings (SSSR count). The molecule has 1 unspecified atom stereocenters. The predicted octanol–water partition coefficient (Wildman–Crippen LogP) is 3.99. The number of nitrogens with zero attached hydrogens (tertiary/aromatic N) is 4. The van der Waals surface area contributed by atoms with Crippen LogP contribution >= 0.6 is 23.4 Å². The highest BCUT2D eigenvalue weighted by molar-refractivity contribution is 7.99. The Labute approximate surface area is 161 Å². The van der Waals surface area contributed by atoms with Crippen LogP contribution in [0.15, 0.2) is 60.0 Å². The fraction of sp³-hybridized carbons (Fsp3) is 0.211. The highest BCUT2D eigenvalue weighted by Gasteiger charge is 2.30. The maximum Gasteiger partial charge on any atom is 0.237 e. The van der Waals surface area contributed by atoms with Gasteiger partial charge in [0, 0.05) is 16.8 Å². The molecule has 0 aliphatic carbocycles. The van der Waals surface area contributed by atoms with Crippen molar-refractivity contribution in [3.05, 3.63) is 65.4 Å². The fourth-order valence-corrected chi connectivity index (χ4v) is 4.24. The van der Waals surface area contributed by atoms with Crippen LogP contribution in [0.5, 0.6) is 0 Å². The van der Waals surface area contributed by atoms with Gasteiger partial charge in [-0.15, -0.1) is 10.2 Å². The molecule has 1 aromatic heterocycles. The molecular formula is C19H17ClN4OS. The topological polar surface area (TPSA) is 51.0 Å². The number of fused-ring (bicyclic) bond motifs is 1. The summed E-state index contributed by atoms with van der Waals surface area (Å²) in [4.78, 5) is 14.7. The highest BCUT2D eigenvalue weighted by Crippen LogP contribution is 2.33. The summed E-state index contributed by atoms with van der Waals surface area (Å²) in [5.41, 5.74) is 3.11. The molecule has 0 saturated carbocycles. The molecule has 5 nitrogen and oxygen atoms in total. The van der Waals surface area contributed by atoms with Crippen molar-refractivity contribution in [2.24, 2.45) is 0 Å². The van der Waals surface area contributed by atoms with Crippen molar-refractivity contribution in [1.29, 1.82) is 0 Å². The van der Waals surface area contributed by atoms with Gasteiger partial charge in [-0.05, 0) is 43.2 Å². The molecule has 1 atom stereocenters. The molecule has 132 valence electrons. The molecular weight excluding hydrogens is 368 g/mol. The number of carbonyl (C=O) groups is 1. The van der Waals surface area contributed by atoms with Crippen LogP contribution < -0.4 is 4.90 Å². The van der Waals surface area contributed by atoms with E-state index in [-0.39, 0.29) is 11.9 Å². The van der Waals surface area contributed by atoms with Crippen LogP contribution in [0.2, 0.25) is 5.02 Å². The van der Waals surface area contributed by atoms with Gasteiger partial charge in [0.2, 0.25) is 5.91 Å². The minimum absolute atomic E-state index is 0.0769. The third-order valence-corrected chi connectivity index (χ3v) is 5.57. The summed E-state index contributed by atoms with van der Waals surface area (Å²) in [6.45, 7) is 2.08. The summed E-state index contributed by atoms with van der Waals surface area (Å²) in [6.07, 6.45) is 2.53. The van der Waals surface area contributed by atoms with E-state index in [9.17, 15) is 4.79 Å². The molecule has 26 heavy (non-hydrogen) atoms. The normalized spacial score (nSPS) is 15.9. The Kier molecular flexibility index (Phi) is 4.70. The number of thioether (sulfide) groups is 1. The van der Waals surface area contributed by atoms with Crippen molar-refractivity contribution < 1.29 is 4.79 Å². The van der Waals surface area contributed by atoms with Crippen LogP contribution in [0.1, 0.15) is 12.5 Å². The third kappa shape index (κ3) is 3.22. The standard InChI is InChI=1S/C19H17ClN4OS/c1-13-9-14-5-2-3-8-17(14)24(13)18(25)11-26-19-22-21-12-23(19)16-7-4-6-15(20)10-16/h2-8,10,12-13H,9,11H2,1H3. The molecule has 0 bridgehead atoms. The van der Waals surface area contributed by atoms with Crippen molar-refractivity contribution in [2.75, 3.05) is 10.7 Å². The lowest BCUT2D eigenvalue weighted by molar-refractivity contribution is -0.116. The number of rotatable bonds is 4. The quantitative estimate of drug-likeness (QED) is 0.638. The number of para-hydroxylation sites is 1. The maximum atomic E-state index is 12.8. The zero-order valence-electron chi connectivity index (χ0n) is 14.2. The lowest BCUT2D eigenvalue weighted by atomic mass is 10.1. The van der Waals surface area contributed by atoms with Crippen LogP contribution in [-0.4, -0.2) is 32.5 Å². The monoisotopic (exact) mass is 384 g/mol. The molecule has 0 N–H and O–H groups in total. The molecule has 1 amide bonds. The van der Waals surface area contributed by atoms with Crippen LogP contribution in [-0.2, 0) is 11.2 Å². The largest absolute Gasteiger partial charge is 0.308 e. The molecule has 7 heteroatoms. The average molecular weight is 385 g/mol. The van der Waals surface area contributed by atoms with Gasteiger partial charge in [0.25, 0.3) is 0 Å². The van der Waals surface area contributed by atoms with Gasteiger partial charge in [0.15, 0.2) is 5.16 Å². The number of amides is 1. The molecule has 2 heterocycles. The molecule has 1 aliphatic heterocycles. The Hall–Kier alpha value is -2.31. The summed E-state index contributed by atoms with van der Waals surface area (Å²) >= 11 is 7.45. The van der Waals surface area contributed by atoms with Gasteiger partial charge in [-0.1, -0.05) is 47.6 Å². The van der Waals surface area contributed by atoms with E-state index in [0.29, 0.717) is 15.9 Å². The first-order valence-corrected chi connectivity index (χ1v) is 9.68. The van der Waals surface area contributed by atoms with Gasteiger partial charge >= 0.3 is 0 Å². The SMILES string of the molecule is CC1Cc2ccccc2N1C(=O)CSc1nncn1-c1cccc(Cl)c1. The molecule has 0 saturated heterocycles. The average Bonchev–Trinajstić information content (AvgIpc) is 3.23. The first-order valence-electron chi connectivity index (χ1n) is 8.32. The minimum Gasteiger partial charge on any atom is -0.308 e. The zero-order chi connectivity index (χ0) is 18.1. The van der Waals surface area contributed by atoms with Crippen molar-refractivity contribution >= 4 is 35.0 Å². The van der Waals surface area contributed by atoms with Gasteiger partial charge in [-0.2, -0.15) is 0 Å². The van der Waals surface area contributed by atoms with E-state index in [2.05, 4.69) is 23.2 Å². The van der Waals surface area contributed by atoms with E-state index in [1.807, 2.05) is 51.9 Å². The van der Waals surface area contributed by atoms with Crippen LogP contribution in [0.4, 0.5) is 5.69 Å².